The van der Waals surface area contributed by atoms with Gasteiger partial charge >= 0.3 is 0 Å². The maximum atomic E-state index is 6.16. The minimum absolute atomic E-state index is 0.0455. The van der Waals surface area contributed by atoms with Gasteiger partial charge in [0.05, 0.1) is 18.8 Å². The molecular formula is C14H18BrClN2O. The first-order chi connectivity index (χ1) is 9.20. The van der Waals surface area contributed by atoms with E-state index in [2.05, 4.69) is 20.8 Å². The highest BCUT2D eigenvalue weighted by atomic mass is 79.9. The number of nitrogens with zero attached hydrogens (tertiary/aromatic N) is 1. The molecule has 0 amide bonds. The first-order valence-electron chi connectivity index (χ1n) is 6.73. The van der Waals surface area contributed by atoms with Crippen molar-refractivity contribution in [1.82, 2.24) is 4.90 Å². The van der Waals surface area contributed by atoms with Crippen molar-refractivity contribution in [2.24, 2.45) is 5.73 Å². The first-order valence-corrected chi connectivity index (χ1v) is 7.90. The molecule has 0 bridgehead atoms. The van der Waals surface area contributed by atoms with Crippen molar-refractivity contribution in [2.45, 2.75) is 31.0 Å². The number of rotatable bonds is 3. The molecule has 1 aliphatic carbocycles. The third-order valence-electron chi connectivity index (χ3n) is 3.92. The van der Waals surface area contributed by atoms with Crippen LogP contribution in [0.4, 0.5) is 0 Å². The maximum Gasteiger partial charge on any atom is 0.0894 e. The Morgan fingerprint density at radius 2 is 2.21 bits per heavy atom. The van der Waals surface area contributed by atoms with Gasteiger partial charge in [-0.3, -0.25) is 4.90 Å². The summed E-state index contributed by atoms with van der Waals surface area (Å²) in [6.45, 7) is 2.28. The molecule has 2 unspecified atom stereocenters. The highest BCUT2D eigenvalue weighted by Gasteiger charge is 2.41. The number of nitrogens with two attached hydrogens (primary N) is 1. The number of hydrogen-bond donors (Lipinski definition) is 1. The molecule has 104 valence electrons. The van der Waals surface area contributed by atoms with E-state index < -0.39 is 0 Å². The lowest BCUT2D eigenvalue weighted by Crippen LogP contribution is -2.49. The summed E-state index contributed by atoms with van der Waals surface area (Å²) in [7, 11) is 0. The molecule has 1 saturated carbocycles. The fraction of sp³-hybridized carbons (Fsp3) is 0.571. The Morgan fingerprint density at radius 1 is 1.42 bits per heavy atom. The SMILES string of the molecule is NCC1OCCN(C2CC2)C1c1cc(Cl)ccc1Br. The molecule has 0 spiro atoms. The van der Waals surface area contributed by atoms with E-state index in [-0.39, 0.29) is 12.1 Å². The average Bonchev–Trinajstić information content (AvgIpc) is 3.25. The third kappa shape index (κ3) is 2.83. The van der Waals surface area contributed by atoms with Gasteiger partial charge in [-0.05, 0) is 36.6 Å². The number of benzene rings is 1. The Balaban J connectivity index is 1.97. The Labute approximate surface area is 127 Å². The van der Waals surface area contributed by atoms with Crippen LogP contribution in [0.1, 0.15) is 24.4 Å². The highest BCUT2D eigenvalue weighted by molar-refractivity contribution is 9.10. The predicted octanol–water partition coefficient (Wildman–Crippen LogP) is 2.97. The van der Waals surface area contributed by atoms with Gasteiger partial charge in [0.2, 0.25) is 0 Å². The van der Waals surface area contributed by atoms with Crippen molar-refractivity contribution in [3.8, 4) is 0 Å². The average molecular weight is 346 g/mol. The lowest BCUT2D eigenvalue weighted by atomic mass is 9.97. The lowest BCUT2D eigenvalue weighted by molar-refractivity contribution is -0.0714. The third-order valence-corrected chi connectivity index (χ3v) is 4.87. The van der Waals surface area contributed by atoms with Crippen molar-refractivity contribution >= 4 is 27.5 Å². The Kier molecular flexibility index (Phi) is 4.15. The number of hydrogen-bond acceptors (Lipinski definition) is 3. The highest BCUT2D eigenvalue weighted by Crippen LogP contribution is 2.41. The van der Waals surface area contributed by atoms with E-state index >= 15 is 0 Å². The summed E-state index contributed by atoms with van der Waals surface area (Å²) in [5.41, 5.74) is 7.09. The summed E-state index contributed by atoms with van der Waals surface area (Å²) in [6, 6.07) is 6.83. The Morgan fingerprint density at radius 3 is 2.89 bits per heavy atom. The summed E-state index contributed by atoms with van der Waals surface area (Å²) in [5, 5.41) is 0.760. The Hall–Kier alpha value is -0.130. The standard InChI is InChI=1S/C14H18BrClN2O/c15-12-4-1-9(16)7-11(12)14-13(8-17)19-6-5-18(14)10-2-3-10/h1,4,7,10,13-14H,2-3,5-6,8,17H2. The smallest absolute Gasteiger partial charge is 0.0894 e. The van der Waals surface area contributed by atoms with Crippen LogP contribution in [0.15, 0.2) is 22.7 Å². The minimum atomic E-state index is 0.0455. The molecule has 1 heterocycles. The zero-order valence-electron chi connectivity index (χ0n) is 10.7. The van der Waals surface area contributed by atoms with Gasteiger partial charge in [-0.15, -0.1) is 0 Å². The van der Waals surface area contributed by atoms with Gasteiger partial charge in [-0.1, -0.05) is 27.5 Å². The second kappa shape index (κ2) is 5.70. The van der Waals surface area contributed by atoms with E-state index in [4.69, 9.17) is 22.1 Å². The zero-order chi connectivity index (χ0) is 13.4. The van der Waals surface area contributed by atoms with Crippen LogP contribution in [0.25, 0.3) is 0 Å². The van der Waals surface area contributed by atoms with E-state index in [9.17, 15) is 0 Å². The molecule has 2 N–H and O–H groups in total. The topological polar surface area (TPSA) is 38.5 Å². The van der Waals surface area contributed by atoms with Crippen LogP contribution in [0, 0.1) is 0 Å². The van der Waals surface area contributed by atoms with Crippen molar-refractivity contribution in [2.75, 3.05) is 19.7 Å². The van der Waals surface area contributed by atoms with E-state index in [1.165, 1.54) is 18.4 Å². The Bertz CT molecular complexity index is 467. The van der Waals surface area contributed by atoms with Crippen LogP contribution in [0.5, 0.6) is 0 Å². The summed E-state index contributed by atoms with van der Waals surface area (Å²) >= 11 is 9.80. The second-order valence-corrected chi connectivity index (χ2v) is 6.52. The first kappa shape index (κ1) is 13.8. The van der Waals surface area contributed by atoms with Crippen LogP contribution in [0.2, 0.25) is 5.02 Å². The van der Waals surface area contributed by atoms with Crippen molar-refractivity contribution in [1.29, 1.82) is 0 Å². The van der Waals surface area contributed by atoms with Crippen molar-refractivity contribution in [3.63, 3.8) is 0 Å². The molecule has 3 nitrogen and oxygen atoms in total. The zero-order valence-corrected chi connectivity index (χ0v) is 13.0. The fourth-order valence-corrected chi connectivity index (χ4v) is 3.55. The number of morpholine rings is 1. The number of halogens is 2. The molecule has 2 aliphatic rings. The van der Waals surface area contributed by atoms with Crippen molar-refractivity contribution < 1.29 is 4.74 Å². The van der Waals surface area contributed by atoms with Crippen LogP contribution in [-0.4, -0.2) is 36.7 Å². The van der Waals surface area contributed by atoms with Gasteiger partial charge in [0.1, 0.15) is 0 Å². The fourth-order valence-electron chi connectivity index (χ4n) is 2.89. The van der Waals surface area contributed by atoms with E-state index in [0.717, 1.165) is 22.6 Å². The van der Waals surface area contributed by atoms with Crippen LogP contribution >= 0.6 is 27.5 Å². The summed E-state index contributed by atoms with van der Waals surface area (Å²) in [5.74, 6) is 0. The quantitative estimate of drug-likeness (QED) is 0.915. The van der Waals surface area contributed by atoms with Crippen LogP contribution in [-0.2, 0) is 4.74 Å². The molecule has 19 heavy (non-hydrogen) atoms. The minimum Gasteiger partial charge on any atom is -0.374 e. The second-order valence-electron chi connectivity index (χ2n) is 5.22. The molecule has 0 radical (unpaired) electrons. The largest absolute Gasteiger partial charge is 0.374 e. The van der Waals surface area contributed by atoms with Gasteiger partial charge in [0, 0.05) is 28.6 Å². The lowest BCUT2D eigenvalue weighted by Gasteiger charge is -2.41. The maximum absolute atomic E-state index is 6.16. The van der Waals surface area contributed by atoms with E-state index in [1.54, 1.807) is 0 Å². The molecule has 2 fully saturated rings. The molecule has 0 aromatic heterocycles. The molecule has 1 aliphatic heterocycles. The summed E-state index contributed by atoms with van der Waals surface area (Å²) in [6.07, 6.45) is 2.61. The van der Waals surface area contributed by atoms with Crippen molar-refractivity contribution in [3.05, 3.63) is 33.3 Å². The van der Waals surface area contributed by atoms with E-state index in [1.807, 2.05) is 18.2 Å². The summed E-state index contributed by atoms with van der Waals surface area (Å²) in [4.78, 5) is 2.54. The normalized spacial score (nSPS) is 28.6. The van der Waals surface area contributed by atoms with Gasteiger partial charge in [0.15, 0.2) is 0 Å². The van der Waals surface area contributed by atoms with Gasteiger partial charge < -0.3 is 10.5 Å². The van der Waals surface area contributed by atoms with Gasteiger partial charge in [-0.2, -0.15) is 0 Å². The number of ether oxygens (including phenoxy) is 1. The molecule has 1 aromatic rings. The molecular weight excluding hydrogens is 328 g/mol. The van der Waals surface area contributed by atoms with Crippen LogP contribution < -0.4 is 5.73 Å². The van der Waals surface area contributed by atoms with Crippen LogP contribution in [0.3, 0.4) is 0 Å². The molecule has 5 heteroatoms. The molecule has 3 rings (SSSR count). The molecule has 2 atom stereocenters. The predicted molar refractivity (Wildman–Crippen MR) is 80.4 cm³/mol. The summed E-state index contributed by atoms with van der Waals surface area (Å²) < 4.78 is 6.95. The molecule has 1 saturated heterocycles. The van der Waals surface area contributed by atoms with Gasteiger partial charge in [-0.25, -0.2) is 0 Å². The van der Waals surface area contributed by atoms with Gasteiger partial charge in [0.25, 0.3) is 0 Å². The molecule has 1 aromatic carbocycles. The monoisotopic (exact) mass is 344 g/mol. The van der Waals surface area contributed by atoms with E-state index in [0.29, 0.717) is 12.6 Å².